The summed E-state index contributed by atoms with van der Waals surface area (Å²) in [6.45, 7) is 2.07. The van der Waals surface area contributed by atoms with Gasteiger partial charge in [0.2, 0.25) is 0 Å². The molecule has 1 aromatic heterocycles. The molecule has 1 atom stereocenters. The second-order valence-corrected chi connectivity index (χ2v) is 7.03. The molecule has 2 aromatic carbocycles. The van der Waals surface area contributed by atoms with Gasteiger partial charge in [0, 0.05) is 29.7 Å². The molecule has 0 bridgehead atoms. The molecular weight excluding hydrogens is 308 g/mol. The molecule has 25 heavy (non-hydrogen) atoms. The van der Waals surface area contributed by atoms with Crippen molar-refractivity contribution in [3.05, 3.63) is 71.4 Å². The predicted molar refractivity (Wildman–Crippen MR) is 103 cm³/mol. The molecule has 0 amide bonds. The zero-order chi connectivity index (χ0) is 17.1. The second kappa shape index (κ2) is 7.42. The van der Waals surface area contributed by atoms with Crippen molar-refractivity contribution in [3.8, 4) is 0 Å². The maximum Gasteiger partial charge on any atom is 0.0843 e. The van der Waals surface area contributed by atoms with E-state index >= 15 is 0 Å². The highest BCUT2D eigenvalue weighted by Crippen LogP contribution is 2.32. The van der Waals surface area contributed by atoms with Crippen molar-refractivity contribution >= 4 is 10.9 Å². The largest absolute Gasteiger partial charge is 0.390 e. The molecule has 1 aliphatic rings. The number of aliphatic hydroxyl groups excluding tert-OH is 1. The van der Waals surface area contributed by atoms with Crippen LogP contribution in [0.5, 0.6) is 0 Å². The highest BCUT2D eigenvalue weighted by atomic mass is 16.3. The first-order valence-electron chi connectivity index (χ1n) is 9.34. The number of aryl methyl sites for hydroxylation is 1. The van der Waals surface area contributed by atoms with Crippen LogP contribution >= 0.6 is 0 Å². The number of benzene rings is 2. The van der Waals surface area contributed by atoms with Gasteiger partial charge in [-0.25, -0.2) is 0 Å². The fraction of sp³-hybridized carbons (Fsp3) is 0.364. The van der Waals surface area contributed by atoms with Gasteiger partial charge in [0.1, 0.15) is 0 Å². The lowest BCUT2D eigenvalue weighted by Gasteiger charge is -2.19. The van der Waals surface area contributed by atoms with Crippen LogP contribution in [0, 0.1) is 0 Å². The van der Waals surface area contributed by atoms with Crippen molar-refractivity contribution in [2.75, 3.05) is 6.54 Å². The van der Waals surface area contributed by atoms with E-state index in [0.717, 1.165) is 13.0 Å². The van der Waals surface area contributed by atoms with Gasteiger partial charge in [-0.05, 0) is 42.9 Å². The molecule has 0 unspecified atom stereocenters. The van der Waals surface area contributed by atoms with E-state index in [1.54, 1.807) is 0 Å². The van der Waals surface area contributed by atoms with Gasteiger partial charge in [0.25, 0.3) is 0 Å². The van der Waals surface area contributed by atoms with Crippen molar-refractivity contribution < 1.29 is 5.11 Å². The van der Waals surface area contributed by atoms with Crippen molar-refractivity contribution in [2.45, 2.75) is 44.9 Å². The van der Waals surface area contributed by atoms with Gasteiger partial charge in [0.15, 0.2) is 0 Å². The van der Waals surface area contributed by atoms with Crippen molar-refractivity contribution in [2.24, 2.45) is 0 Å². The standard InChI is InChI=1S/C22H26N2O/c25-18(15-23-14-17-8-2-1-3-9-17)16-24-21-12-6-4-10-19(21)20-11-5-7-13-22(20)24/h1-4,6,8-10,12,18,23,25H,5,7,11,13-16H2/t18-/m0/s1. The van der Waals surface area contributed by atoms with Gasteiger partial charge < -0.3 is 15.0 Å². The Kier molecular flexibility index (Phi) is 4.86. The average molecular weight is 334 g/mol. The predicted octanol–water partition coefficient (Wildman–Crippen LogP) is 3.67. The van der Waals surface area contributed by atoms with E-state index in [4.69, 9.17) is 0 Å². The van der Waals surface area contributed by atoms with Crippen molar-refractivity contribution in [1.29, 1.82) is 0 Å². The number of fused-ring (bicyclic) bond motifs is 3. The topological polar surface area (TPSA) is 37.2 Å². The van der Waals surface area contributed by atoms with Crippen LogP contribution in [0.25, 0.3) is 10.9 Å². The Bertz CT molecular complexity index is 838. The first-order chi connectivity index (χ1) is 12.3. The molecular formula is C22H26N2O. The molecule has 2 N–H and O–H groups in total. The van der Waals surface area contributed by atoms with E-state index in [-0.39, 0.29) is 6.10 Å². The first-order valence-corrected chi connectivity index (χ1v) is 9.34. The molecule has 0 saturated heterocycles. The third-order valence-corrected chi connectivity index (χ3v) is 5.23. The third-order valence-electron chi connectivity index (χ3n) is 5.23. The highest BCUT2D eigenvalue weighted by Gasteiger charge is 2.20. The van der Waals surface area contributed by atoms with E-state index < -0.39 is 0 Å². The van der Waals surface area contributed by atoms with Crippen molar-refractivity contribution in [3.63, 3.8) is 0 Å². The van der Waals surface area contributed by atoms with Gasteiger partial charge >= 0.3 is 0 Å². The summed E-state index contributed by atoms with van der Waals surface area (Å²) in [7, 11) is 0. The molecule has 1 heterocycles. The maximum atomic E-state index is 10.6. The summed E-state index contributed by atoms with van der Waals surface area (Å²) in [5.41, 5.74) is 5.47. The van der Waals surface area contributed by atoms with Crippen LogP contribution in [0.1, 0.15) is 29.7 Å². The summed E-state index contributed by atoms with van der Waals surface area (Å²) in [4.78, 5) is 0. The van der Waals surface area contributed by atoms with Gasteiger partial charge in [-0.1, -0.05) is 48.5 Å². The minimum Gasteiger partial charge on any atom is -0.390 e. The van der Waals surface area contributed by atoms with Gasteiger partial charge in [-0.3, -0.25) is 0 Å². The highest BCUT2D eigenvalue weighted by molar-refractivity contribution is 5.85. The third kappa shape index (κ3) is 3.48. The van der Waals surface area contributed by atoms with Crippen LogP contribution in [-0.2, 0) is 25.9 Å². The Morgan fingerprint density at radius 3 is 2.60 bits per heavy atom. The van der Waals surface area contributed by atoms with Crippen LogP contribution in [0.3, 0.4) is 0 Å². The smallest absolute Gasteiger partial charge is 0.0843 e. The van der Waals surface area contributed by atoms with Crippen molar-refractivity contribution in [1.82, 2.24) is 9.88 Å². The Morgan fingerprint density at radius 1 is 0.960 bits per heavy atom. The summed E-state index contributed by atoms with van der Waals surface area (Å²) in [6, 6.07) is 19.0. The average Bonchev–Trinajstić information content (AvgIpc) is 2.97. The lowest BCUT2D eigenvalue weighted by atomic mass is 9.95. The van der Waals surface area contributed by atoms with E-state index in [9.17, 15) is 5.11 Å². The Hall–Kier alpha value is -2.10. The molecule has 0 saturated carbocycles. The number of aliphatic hydroxyl groups is 1. The van der Waals surface area contributed by atoms with Crippen LogP contribution < -0.4 is 5.32 Å². The zero-order valence-corrected chi connectivity index (χ0v) is 14.6. The zero-order valence-electron chi connectivity index (χ0n) is 14.6. The molecule has 0 spiro atoms. The molecule has 0 radical (unpaired) electrons. The Morgan fingerprint density at radius 2 is 1.72 bits per heavy atom. The molecule has 130 valence electrons. The lowest BCUT2D eigenvalue weighted by Crippen LogP contribution is -2.30. The molecule has 3 nitrogen and oxygen atoms in total. The number of aromatic nitrogens is 1. The molecule has 1 aliphatic carbocycles. The second-order valence-electron chi connectivity index (χ2n) is 7.03. The molecule has 4 rings (SSSR count). The Labute approximate surface area is 149 Å². The summed E-state index contributed by atoms with van der Waals surface area (Å²) >= 11 is 0. The van der Waals surface area contributed by atoms with Crippen LogP contribution in [-0.4, -0.2) is 22.3 Å². The molecule has 3 heteroatoms. The van der Waals surface area contributed by atoms with Gasteiger partial charge in [0.05, 0.1) is 12.6 Å². The maximum absolute atomic E-state index is 10.6. The number of hydrogen-bond donors (Lipinski definition) is 2. The van der Waals surface area contributed by atoms with Crippen LogP contribution in [0.15, 0.2) is 54.6 Å². The fourth-order valence-corrected chi connectivity index (χ4v) is 4.05. The number of rotatable bonds is 6. The van der Waals surface area contributed by atoms with Crippen LogP contribution in [0.2, 0.25) is 0 Å². The van der Waals surface area contributed by atoms with E-state index in [2.05, 4.69) is 46.3 Å². The molecule has 0 fully saturated rings. The first kappa shape index (κ1) is 16.4. The summed E-state index contributed by atoms with van der Waals surface area (Å²) < 4.78 is 2.36. The van der Waals surface area contributed by atoms with E-state index in [1.165, 1.54) is 47.0 Å². The fourth-order valence-electron chi connectivity index (χ4n) is 4.05. The van der Waals surface area contributed by atoms with Gasteiger partial charge in [-0.2, -0.15) is 0 Å². The minimum absolute atomic E-state index is 0.384. The quantitative estimate of drug-likeness (QED) is 0.722. The number of nitrogens with zero attached hydrogens (tertiary/aromatic N) is 1. The summed E-state index contributed by atoms with van der Waals surface area (Å²) in [5, 5.41) is 15.3. The summed E-state index contributed by atoms with van der Waals surface area (Å²) in [5.74, 6) is 0. The monoisotopic (exact) mass is 334 g/mol. The molecule has 3 aromatic rings. The van der Waals surface area contributed by atoms with Crippen LogP contribution in [0.4, 0.5) is 0 Å². The SMILES string of the molecule is O[C@@H](CNCc1ccccc1)Cn1c2c(c3ccccc31)CCCC2. The van der Waals surface area contributed by atoms with E-state index in [0.29, 0.717) is 13.1 Å². The normalized spacial score (nSPS) is 15.2. The lowest BCUT2D eigenvalue weighted by molar-refractivity contribution is 0.151. The van der Waals surface area contributed by atoms with Gasteiger partial charge in [-0.15, -0.1) is 0 Å². The Balaban J connectivity index is 1.47. The number of hydrogen-bond acceptors (Lipinski definition) is 2. The molecule has 0 aliphatic heterocycles. The summed E-state index contributed by atoms with van der Waals surface area (Å²) in [6.07, 6.45) is 4.46. The number of para-hydroxylation sites is 1. The number of nitrogens with one attached hydrogen (secondary N) is 1. The van der Waals surface area contributed by atoms with E-state index in [1.807, 2.05) is 18.2 Å². The minimum atomic E-state index is -0.384.